The van der Waals surface area contributed by atoms with Crippen LogP contribution in [0.25, 0.3) is 0 Å². The highest BCUT2D eigenvalue weighted by atomic mass is 32.1. The minimum absolute atomic E-state index is 0.0803. The number of nitrogens with one attached hydrogen (secondary N) is 1. The predicted molar refractivity (Wildman–Crippen MR) is 97.4 cm³/mol. The molecule has 1 aliphatic heterocycles. The Hall–Kier alpha value is -1.96. The lowest BCUT2D eigenvalue weighted by atomic mass is 9.88. The van der Waals surface area contributed by atoms with Gasteiger partial charge < -0.3 is 5.32 Å². The molecule has 0 bridgehead atoms. The minimum Gasteiger partial charge on any atom is -0.323 e. The third kappa shape index (κ3) is 3.84. The van der Waals surface area contributed by atoms with Gasteiger partial charge in [-0.25, -0.2) is 9.78 Å². The number of aromatic nitrogens is 1. The molecule has 25 heavy (non-hydrogen) atoms. The second kappa shape index (κ2) is 7.95. The highest BCUT2D eigenvalue weighted by Crippen LogP contribution is 2.30. The van der Waals surface area contributed by atoms with Gasteiger partial charge in [0.05, 0.1) is 12.2 Å². The van der Waals surface area contributed by atoms with Crippen LogP contribution < -0.4 is 10.2 Å². The molecular weight excluding hydrogens is 340 g/mol. The Morgan fingerprint density at radius 1 is 1.28 bits per heavy atom. The van der Waals surface area contributed by atoms with Crippen molar-refractivity contribution in [2.24, 2.45) is 0 Å². The normalized spacial score (nSPS) is 16.2. The first-order valence-electron chi connectivity index (χ1n) is 8.75. The Balaban J connectivity index is 2.18. The van der Waals surface area contributed by atoms with E-state index in [0.29, 0.717) is 30.2 Å². The van der Waals surface area contributed by atoms with Gasteiger partial charge in [-0.2, -0.15) is 0 Å². The zero-order valence-electron chi connectivity index (χ0n) is 15.3. The van der Waals surface area contributed by atoms with Gasteiger partial charge in [-0.15, -0.1) is 11.3 Å². The number of anilines is 1. The van der Waals surface area contributed by atoms with E-state index < -0.39 is 5.54 Å². The molecule has 4 amide bonds. The maximum atomic E-state index is 12.9. The van der Waals surface area contributed by atoms with E-state index in [1.165, 1.54) is 23.2 Å². The van der Waals surface area contributed by atoms with Crippen LogP contribution in [-0.4, -0.2) is 39.8 Å². The van der Waals surface area contributed by atoms with Crippen molar-refractivity contribution in [3.8, 4) is 0 Å². The standard InChI is InChI=1S/C17H26N4O3S/c1-5-8-17(9-6-2)14(23)21(15(24)19-17)10-13-11-25-16(18-13)20(7-3)12(4)22/h11H,5-10H2,1-4H3,(H,19,24). The first-order chi connectivity index (χ1) is 11.9. The lowest BCUT2D eigenvalue weighted by Crippen LogP contribution is -2.46. The maximum absolute atomic E-state index is 12.9. The Labute approximate surface area is 152 Å². The molecule has 0 aromatic carbocycles. The van der Waals surface area contributed by atoms with Crippen molar-refractivity contribution in [1.29, 1.82) is 0 Å². The van der Waals surface area contributed by atoms with Crippen molar-refractivity contribution in [3.05, 3.63) is 11.1 Å². The molecule has 1 fully saturated rings. The van der Waals surface area contributed by atoms with Gasteiger partial charge in [-0.1, -0.05) is 26.7 Å². The van der Waals surface area contributed by atoms with Crippen LogP contribution in [0.15, 0.2) is 5.38 Å². The van der Waals surface area contributed by atoms with E-state index in [2.05, 4.69) is 10.3 Å². The molecule has 0 atom stereocenters. The molecule has 0 unspecified atom stereocenters. The molecule has 8 heteroatoms. The third-order valence-corrected chi connectivity index (χ3v) is 5.30. The molecule has 1 aliphatic rings. The summed E-state index contributed by atoms with van der Waals surface area (Å²) in [5.41, 5.74) is -0.166. The summed E-state index contributed by atoms with van der Waals surface area (Å²) in [5.74, 6) is -0.252. The van der Waals surface area contributed by atoms with Crippen LogP contribution in [0.1, 0.15) is 59.1 Å². The first kappa shape index (κ1) is 19.4. The monoisotopic (exact) mass is 366 g/mol. The third-order valence-electron chi connectivity index (χ3n) is 4.39. The number of thiazole rings is 1. The summed E-state index contributed by atoms with van der Waals surface area (Å²) in [6.45, 7) is 8.05. The number of hydrogen-bond donors (Lipinski definition) is 1. The van der Waals surface area contributed by atoms with Gasteiger partial charge >= 0.3 is 6.03 Å². The summed E-state index contributed by atoms with van der Waals surface area (Å²) in [7, 11) is 0. The number of carbonyl (C=O) groups excluding carboxylic acids is 3. The van der Waals surface area contributed by atoms with Gasteiger partial charge in [0.2, 0.25) is 5.91 Å². The maximum Gasteiger partial charge on any atom is 0.325 e. The van der Waals surface area contributed by atoms with Crippen molar-refractivity contribution >= 4 is 34.3 Å². The largest absolute Gasteiger partial charge is 0.325 e. The Bertz CT molecular complexity index is 652. The van der Waals surface area contributed by atoms with E-state index in [-0.39, 0.29) is 24.4 Å². The molecule has 2 rings (SSSR count). The Morgan fingerprint density at radius 2 is 1.92 bits per heavy atom. The molecule has 0 spiro atoms. The molecule has 2 heterocycles. The number of amides is 4. The summed E-state index contributed by atoms with van der Waals surface area (Å²) in [5, 5.41) is 5.28. The topological polar surface area (TPSA) is 82.6 Å². The average molecular weight is 366 g/mol. The minimum atomic E-state index is -0.783. The van der Waals surface area contributed by atoms with Gasteiger partial charge in [0.15, 0.2) is 5.13 Å². The molecule has 1 saturated heterocycles. The molecule has 138 valence electrons. The van der Waals surface area contributed by atoms with Gasteiger partial charge in [0.25, 0.3) is 5.91 Å². The summed E-state index contributed by atoms with van der Waals surface area (Å²) < 4.78 is 0. The molecule has 0 saturated carbocycles. The summed E-state index contributed by atoms with van der Waals surface area (Å²) in [6.07, 6.45) is 2.92. The van der Waals surface area contributed by atoms with Gasteiger partial charge in [0, 0.05) is 18.8 Å². The van der Waals surface area contributed by atoms with Crippen LogP contribution in [0, 0.1) is 0 Å². The Morgan fingerprint density at radius 3 is 2.44 bits per heavy atom. The van der Waals surface area contributed by atoms with Crippen LogP contribution in [0.2, 0.25) is 0 Å². The number of imide groups is 1. The Kier molecular flexibility index (Phi) is 6.16. The molecule has 1 aromatic heterocycles. The van der Waals surface area contributed by atoms with Crippen molar-refractivity contribution in [2.45, 2.75) is 65.5 Å². The molecule has 0 radical (unpaired) electrons. The van der Waals surface area contributed by atoms with Crippen molar-refractivity contribution in [3.63, 3.8) is 0 Å². The number of nitrogens with zero attached hydrogens (tertiary/aromatic N) is 3. The molecule has 1 N–H and O–H groups in total. The van der Waals surface area contributed by atoms with Crippen molar-refractivity contribution in [2.75, 3.05) is 11.4 Å². The smallest absolute Gasteiger partial charge is 0.323 e. The second-order valence-electron chi connectivity index (χ2n) is 6.29. The lowest BCUT2D eigenvalue weighted by Gasteiger charge is -2.25. The van der Waals surface area contributed by atoms with Gasteiger partial charge in [-0.05, 0) is 19.8 Å². The van der Waals surface area contributed by atoms with Gasteiger partial charge in [-0.3, -0.25) is 19.4 Å². The summed E-state index contributed by atoms with van der Waals surface area (Å²) in [6, 6.07) is -0.361. The molecular formula is C17H26N4O3S. The summed E-state index contributed by atoms with van der Waals surface area (Å²) in [4.78, 5) is 44.1. The van der Waals surface area contributed by atoms with Crippen LogP contribution in [0.3, 0.4) is 0 Å². The van der Waals surface area contributed by atoms with E-state index in [1.54, 1.807) is 10.3 Å². The fourth-order valence-electron chi connectivity index (χ4n) is 3.28. The second-order valence-corrected chi connectivity index (χ2v) is 7.12. The SMILES string of the molecule is CCCC1(CCC)NC(=O)N(Cc2csc(N(CC)C(C)=O)n2)C1=O. The molecule has 1 aromatic rings. The summed E-state index contributed by atoms with van der Waals surface area (Å²) >= 11 is 1.34. The van der Waals surface area contributed by atoms with Crippen LogP contribution in [-0.2, 0) is 16.1 Å². The zero-order valence-corrected chi connectivity index (χ0v) is 16.1. The fraction of sp³-hybridized carbons (Fsp3) is 0.647. The van der Waals surface area contributed by atoms with Crippen LogP contribution in [0.5, 0.6) is 0 Å². The number of hydrogen-bond acceptors (Lipinski definition) is 5. The highest BCUT2D eigenvalue weighted by Gasteiger charge is 2.49. The number of urea groups is 1. The average Bonchev–Trinajstić information content (AvgIpc) is 3.08. The first-order valence-corrected chi connectivity index (χ1v) is 9.63. The molecule has 0 aliphatic carbocycles. The lowest BCUT2D eigenvalue weighted by molar-refractivity contribution is -0.132. The van der Waals surface area contributed by atoms with E-state index in [4.69, 9.17) is 0 Å². The quantitative estimate of drug-likeness (QED) is 0.717. The van der Waals surface area contributed by atoms with Crippen LogP contribution in [0.4, 0.5) is 9.93 Å². The number of carbonyl (C=O) groups is 3. The van der Waals surface area contributed by atoms with Gasteiger partial charge in [0.1, 0.15) is 5.54 Å². The predicted octanol–water partition coefficient (Wildman–Crippen LogP) is 2.91. The van der Waals surface area contributed by atoms with E-state index in [9.17, 15) is 14.4 Å². The van der Waals surface area contributed by atoms with Crippen molar-refractivity contribution in [1.82, 2.24) is 15.2 Å². The van der Waals surface area contributed by atoms with E-state index >= 15 is 0 Å². The van der Waals surface area contributed by atoms with E-state index in [1.807, 2.05) is 20.8 Å². The fourth-order valence-corrected chi connectivity index (χ4v) is 4.21. The van der Waals surface area contributed by atoms with E-state index in [0.717, 1.165) is 12.8 Å². The zero-order chi connectivity index (χ0) is 18.6. The molecule has 7 nitrogen and oxygen atoms in total. The van der Waals surface area contributed by atoms with Crippen LogP contribution >= 0.6 is 11.3 Å². The highest BCUT2D eigenvalue weighted by molar-refractivity contribution is 7.14. The van der Waals surface area contributed by atoms with Crippen molar-refractivity contribution < 1.29 is 14.4 Å². The number of rotatable bonds is 8.